The Morgan fingerprint density at radius 2 is 1.84 bits per heavy atom. The van der Waals surface area contributed by atoms with Crippen molar-refractivity contribution in [2.24, 2.45) is 5.92 Å². The molecule has 0 aliphatic carbocycles. The number of hydrogen-bond acceptors (Lipinski definition) is 3. The first-order chi connectivity index (χ1) is 8.62. The fourth-order valence-corrected chi connectivity index (χ4v) is 3.75. The average Bonchev–Trinajstić information content (AvgIpc) is 2.27. The van der Waals surface area contributed by atoms with E-state index in [0.717, 1.165) is 0 Å². The van der Waals surface area contributed by atoms with Gasteiger partial charge < -0.3 is 5.11 Å². The van der Waals surface area contributed by atoms with Crippen LogP contribution >= 0.6 is 0 Å². The van der Waals surface area contributed by atoms with Crippen LogP contribution in [0.25, 0.3) is 0 Å². The van der Waals surface area contributed by atoms with Crippen LogP contribution in [0.15, 0.2) is 0 Å². The third-order valence-corrected chi connectivity index (χ3v) is 5.39. The van der Waals surface area contributed by atoms with Crippen LogP contribution in [0.3, 0.4) is 0 Å². The van der Waals surface area contributed by atoms with Gasteiger partial charge >= 0.3 is 6.18 Å². The number of piperidine rings is 1. The second-order valence-corrected chi connectivity index (χ2v) is 7.10. The number of aliphatic hydroxyl groups is 1. The first kappa shape index (κ1) is 16.7. The van der Waals surface area contributed by atoms with E-state index >= 15 is 0 Å². The molecule has 0 bridgehead atoms. The molecule has 0 aromatic carbocycles. The summed E-state index contributed by atoms with van der Waals surface area (Å²) in [5.41, 5.74) is 0. The lowest BCUT2D eigenvalue weighted by molar-refractivity contribution is -0.134. The average molecular weight is 303 g/mol. The summed E-state index contributed by atoms with van der Waals surface area (Å²) >= 11 is 0. The molecule has 0 spiro atoms. The Bertz CT molecular complexity index is 373. The molecule has 0 saturated carbocycles. The lowest BCUT2D eigenvalue weighted by Crippen LogP contribution is -2.41. The molecule has 1 aliphatic rings. The molecule has 1 fully saturated rings. The Balaban J connectivity index is 2.42. The molecule has 114 valence electrons. The van der Waals surface area contributed by atoms with Gasteiger partial charge in [-0.1, -0.05) is 0 Å². The molecule has 4 nitrogen and oxygen atoms in total. The molecular weight excluding hydrogens is 283 g/mol. The number of halogens is 3. The molecular formula is C11H20F3NO3S. The lowest BCUT2D eigenvalue weighted by Gasteiger charge is -2.32. The first-order valence-corrected chi connectivity index (χ1v) is 7.95. The third-order valence-electron chi connectivity index (χ3n) is 3.44. The van der Waals surface area contributed by atoms with Gasteiger partial charge in [0, 0.05) is 19.5 Å². The van der Waals surface area contributed by atoms with Crippen molar-refractivity contribution in [1.82, 2.24) is 4.31 Å². The zero-order valence-electron chi connectivity index (χ0n) is 10.9. The summed E-state index contributed by atoms with van der Waals surface area (Å²) in [6, 6.07) is 0. The highest BCUT2D eigenvalue weighted by atomic mass is 32.2. The monoisotopic (exact) mass is 303 g/mol. The van der Waals surface area contributed by atoms with E-state index in [2.05, 4.69) is 0 Å². The van der Waals surface area contributed by atoms with Gasteiger partial charge in [-0.25, -0.2) is 12.7 Å². The van der Waals surface area contributed by atoms with Gasteiger partial charge in [-0.15, -0.1) is 0 Å². The molecule has 0 aromatic rings. The molecule has 1 atom stereocenters. The van der Waals surface area contributed by atoms with Crippen LogP contribution in [0.1, 0.15) is 32.6 Å². The number of sulfonamides is 1. The predicted octanol–water partition coefficient (Wildman–Crippen LogP) is 1.75. The summed E-state index contributed by atoms with van der Waals surface area (Å²) in [6.07, 6.45) is -5.16. The number of alkyl halides is 3. The Morgan fingerprint density at radius 3 is 2.26 bits per heavy atom. The molecule has 0 radical (unpaired) electrons. The lowest BCUT2D eigenvalue weighted by atomic mass is 9.93. The smallest absolute Gasteiger partial charge is 0.389 e. The maximum absolute atomic E-state index is 12.0. The number of aliphatic hydroxyl groups excluding tert-OH is 1. The van der Waals surface area contributed by atoms with Crippen molar-refractivity contribution in [3.05, 3.63) is 0 Å². The number of nitrogens with zero attached hydrogens (tertiary/aromatic N) is 1. The van der Waals surface area contributed by atoms with Crippen molar-refractivity contribution in [3.8, 4) is 0 Å². The van der Waals surface area contributed by atoms with Crippen molar-refractivity contribution in [2.45, 2.75) is 44.9 Å². The van der Waals surface area contributed by atoms with E-state index in [9.17, 15) is 26.7 Å². The van der Waals surface area contributed by atoms with Gasteiger partial charge in [0.05, 0.1) is 11.9 Å². The second-order valence-electron chi connectivity index (χ2n) is 5.01. The van der Waals surface area contributed by atoms with Gasteiger partial charge in [0.1, 0.15) is 0 Å². The van der Waals surface area contributed by atoms with E-state index in [1.54, 1.807) is 6.92 Å². The van der Waals surface area contributed by atoms with E-state index in [0.29, 0.717) is 12.8 Å². The predicted molar refractivity (Wildman–Crippen MR) is 65.1 cm³/mol. The summed E-state index contributed by atoms with van der Waals surface area (Å²) in [6.45, 7) is 2.23. The fourth-order valence-electron chi connectivity index (χ4n) is 2.22. The van der Waals surface area contributed by atoms with Gasteiger partial charge in [-0.05, 0) is 32.1 Å². The molecule has 0 aromatic heterocycles. The first-order valence-electron chi connectivity index (χ1n) is 6.34. The van der Waals surface area contributed by atoms with Crippen LogP contribution in [-0.2, 0) is 10.0 Å². The van der Waals surface area contributed by atoms with Crippen molar-refractivity contribution in [3.63, 3.8) is 0 Å². The van der Waals surface area contributed by atoms with Gasteiger partial charge in [0.2, 0.25) is 10.0 Å². The van der Waals surface area contributed by atoms with Crippen molar-refractivity contribution in [1.29, 1.82) is 0 Å². The van der Waals surface area contributed by atoms with Gasteiger partial charge in [0.25, 0.3) is 0 Å². The van der Waals surface area contributed by atoms with Crippen molar-refractivity contribution >= 4 is 10.0 Å². The van der Waals surface area contributed by atoms with Crippen LogP contribution in [0.5, 0.6) is 0 Å². The Labute approximate surface area is 111 Å². The van der Waals surface area contributed by atoms with E-state index in [-0.39, 0.29) is 19.0 Å². The zero-order chi connectivity index (χ0) is 14.7. The highest BCUT2D eigenvalue weighted by molar-refractivity contribution is 7.89. The second kappa shape index (κ2) is 6.41. The number of rotatable bonds is 5. The fraction of sp³-hybridized carbons (Fsp3) is 1.00. The summed E-state index contributed by atoms with van der Waals surface area (Å²) in [4.78, 5) is 0. The summed E-state index contributed by atoms with van der Waals surface area (Å²) in [5.74, 6) is -0.395. The minimum absolute atomic E-state index is 0.0709. The van der Waals surface area contributed by atoms with E-state index in [4.69, 9.17) is 0 Å². The zero-order valence-corrected chi connectivity index (χ0v) is 11.7. The molecule has 1 unspecified atom stereocenters. The Kier molecular flexibility index (Phi) is 5.64. The minimum Gasteiger partial charge on any atom is -0.393 e. The van der Waals surface area contributed by atoms with Crippen molar-refractivity contribution < 1.29 is 26.7 Å². The van der Waals surface area contributed by atoms with Crippen LogP contribution in [-0.4, -0.2) is 49.0 Å². The Morgan fingerprint density at radius 1 is 1.32 bits per heavy atom. The van der Waals surface area contributed by atoms with Gasteiger partial charge in [-0.2, -0.15) is 13.2 Å². The minimum atomic E-state index is -4.31. The third kappa shape index (κ3) is 5.66. The Hall–Kier alpha value is -0.340. The quantitative estimate of drug-likeness (QED) is 0.842. The van der Waals surface area contributed by atoms with Crippen LogP contribution in [0.4, 0.5) is 13.2 Å². The molecule has 1 N–H and O–H groups in total. The maximum atomic E-state index is 12.0. The highest BCUT2D eigenvalue weighted by Gasteiger charge is 2.31. The molecule has 1 rings (SSSR count). The van der Waals surface area contributed by atoms with E-state index < -0.39 is 40.9 Å². The van der Waals surface area contributed by atoms with Gasteiger partial charge in [-0.3, -0.25) is 0 Å². The van der Waals surface area contributed by atoms with Crippen LogP contribution in [0.2, 0.25) is 0 Å². The molecule has 8 heteroatoms. The SMILES string of the molecule is CC(O)C1CCN(S(=O)(=O)CCCC(F)(F)F)CC1. The van der Waals surface area contributed by atoms with Gasteiger partial charge in [0.15, 0.2) is 0 Å². The summed E-state index contributed by atoms with van der Waals surface area (Å²) in [5, 5.41) is 9.40. The van der Waals surface area contributed by atoms with E-state index in [1.807, 2.05) is 0 Å². The van der Waals surface area contributed by atoms with E-state index in [1.165, 1.54) is 4.31 Å². The number of hydrogen-bond donors (Lipinski definition) is 1. The molecule has 1 aliphatic heterocycles. The molecule has 0 amide bonds. The van der Waals surface area contributed by atoms with Crippen LogP contribution in [0, 0.1) is 5.92 Å². The largest absolute Gasteiger partial charge is 0.393 e. The summed E-state index contributed by atoms with van der Waals surface area (Å²) in [7, 11) is -3.60. The maximum Gasteiger partial charge on any atom is 0.389 e. The van der Waals surface area contributed by atoms with Crippen LogP contribution < -0.4 is 0 Å². The van der Waals surface area contributed by atoms with Crippen molar-refractivity contribution in [2.75, 3.05) is 18.8 Å². The normalized spacial score (nSPS) is 21.5. The molecule has 19 heavy (non-hydrogen) atoms. The topological polar surface area (TPSA) is 57.6 Å². The summed E-state index contributed by atoms with van der Waals surface area (Å²) < 4.78 is 60.9. The highest BCUT2D eigenvalue weighted by Crippen LogP contribution is 2.25. The molecule has 1 saturated heterocycles. The molecule has 1 heterocycles. The standard InChI is InChI=1S/C11H20F3NO3S/c1-9(16)10-3-6-15(7-4-10)19(17,18)8-2-5-11(12,13)14/h9-10,16H,2-8H2,1H3.